The first kappa shape index (κ1) is 16.9. The van der Waals surface area contributed by atoms with Gasteiger partial charge in [0.2, 0.25) is 11.7 Å². The average Bonchev–Trinajstić information content (AvgIpc) is 3.19. The van der Waals surface area contributed by atoms with Crippen LogP contribution in [0.25, 0.3) is 11.4 Å². The number of nitrogens with zero attached hydrogens (tertiary/aromatic N) is 2. The molecule has 1 saturated heterocycles. The molecule has 0 aliphatic carbocycles. The van der Waals surface area contributed by atoms with Crippen LogP contribution in [-0.2, 0) is 16.7 Å². The Balaban J connectivity index is 1.74. The molecule has 134 valence electrons. The monoisotopic (exact) mass is 353 g/mol. The van der Waals surface area contributed by atoms with Crippen molar-refractivity contribution in [3.63, 3.8) is 0 Å². The molecule has 0 amide bonds. The highest BCUT2D eigenvalue weighted by atomic mass is 19.1. The van der Waals surface area contributed by atoms with Gasteiger partial charge in [0.1, 0.15) is 5.82 Å². The van der Waals surface area contributed by atoms with Crippen molar-refractivity contribution in [1.29, 1.82) is 0 Å². The van der Waals surface area contributed by atoms with Crippen LogP contribution in [0.5, 0.6) is 0 Å². The zero-order chi connectivity index (χ0) is 18.0. The van der Waals surface area contributed by atoms with E-state index in [1.807, 2.05) is 30.3 Å². The van der Waals surface area contributed by atoms with Gasteiger partial charge in [-0.15, -0.1) is 0 Å². The maximum atomic E-state index is 13.8. The van der Waals surface area contributed by atoms with Gasteiger partial charge in [-0.2, -0.15) is 4.98 Å². The van der Waals surface area contributed by atoms with Crippen LogP contribution in [0.3, 0.4) is 0 Å². The summed E-state index contributed by atoms with van der Waals surface area (Å²) >= 11 is 0. The molecule has 0 atom stereocenters. The van der Waals surface area contributed by atoms with Gasteiger partial charge in [0.05, 0.1) is 5.41 Å². The first-order valence-electron chi connectivity index (χ1n) is 8.69. The molecule has 2 aromatic carbocycles. The second kappa shape index (κ2) is 6.97. The summed E-state index contributed by atoms with van der Waals surface area (Å²) in [5.74, 6) is 0.751. The van der Waals surface area contributed by atoms with E-state index >= 15 is 0 Å². The predicted octanol–water partition coefficient (Wildman–Crippen LogP) is 3.43. The van der Waals surface area contributed by atoms with Gasteiger partial charge in [-0.05, 0) is 36.1 Å². The number of hydrogen-bond acceptors (Lipinski definition) is 5. The van der Waals surface area contributed by atoms with Gasteiger partial charge in [0.15, 0.2) is 0 Å². The summed E-state index contributed by atoms with van der Waals surface area (Å²) in [4.78, 5) is 4.65. The summed E-state index contributed by atoms with van der Waals surface area (Å²) in [6.07, 6.45) is 1.34. The molecule has 1 aromatic heterocycles. The second-order valence-corrected chi connectivity index (χ2v) is 6.53. The Morgan fingerprint density at radius 2 is 1.85 bits per heavy atom. The Bertz CT molecular complexity index is 886. The van der Waals surface area contributed by atoms with Crippen LogP contribution in [-0.4, -0.2) is 23.4 Å². The van der Waals surface area contributed by atoms with Gasteiger partial charge >= 0.3 is 0 Å². The summed E-state index contributed by atoms with van der Waals surface area (Å²) in [5.41, 5.74) is 7.86. The molecule has 0 saturated carbocycles. The molecule has 3 aromatic rings. The lowest BCUT2D eigenvalue weighted by atomic mass is 9.74. The SMILES string of the molecule is NCc1ccc(-c2noc(C3(c4cccc(F)c4)CCOCC3)n2)cc1. The number of hydrogen-bond donors (Lipinski definition) is 1. The van der Waals surface area contributed by atoms with Crippen LogP contribution in [0.2, 0.25) is 0 Å². The van der Waals surface area contributed by atoms with E-state index in [0.717, 1.165) is 16.7 Å². The number of rotatable bonds is 4. The zero-order valence-electron chi connectivity index (χ0n) is 14.3. The topological polar surface area (TPSA) is 74.2 Å². The second-order valence-electron chi connectivity index (χ2n) is 6.53. The van der Waals surface area contributed by atoms with Gasteiger partial charge < -0.3 is 15.0 Å². The minimum absolute atomic E-state index is 0.273. The molecule has 1 aliphatic heterocycles. The third-order valence-electron chi connectivity index (χ3n) is 5.01. The summed E-state index contributed by atoms with van der Waals surface area (Å²) in [6, 6.07) is 14.4. The number of ether oxygens (including phenoxy) is 1. The zero-order valence-corrected chi connectivity index (χ0v) is 14.3. The molecule has 2 heterocycles. The highest BCUT2D eigenvalue weighted by molar-refractivity contribution is 5.55. The standard InChI is InChI=1S/C20H20FN3O2/c21-17-3-1-2-16(12-17)20(8-10-25-11-9-20)19-23-18(24-26-19)15-6-4-14(13-22)5-7-15/h1-7,12H,8-11,13,22H2. The molecule has 0 radical (unpaired) electrons. The third kappa shape index (κ3) is 3.02. The lowest BCUT2D eigenvalue weighted by Crippen LogP contribution is -2.35. The summed E-state index contributed by atoms with van der Waals surface area (Å²) in [6.45, 7) is 1.62. The van der Waals surface area contributed by atoms with Crippen molar-refractivity contribution in [2.75, 3.05) is 13.2 Å². The quantitative estimate of drug-likeness (QED) is 0.778. The Hall–Kier alpha value is -2.57. The first-order valence-corrected chi connectivity index (χ1v) is 8.69. The van der Waals surface area contributed by atoms with Crippen molar-refractivity contribution >= 4 is 0 Å². The van der Waals surface area contributed by atoms with Crippen LogP contribution in [0.1, 0.15) is 29.9 Å². The molecule has 26 heavy (non-hydrogen) atoms. The average molecular weight is 353 g/mol. The van der Waals surface area contributed by atoms with Crippen molar-refractivity contribution in [3.05, 3.63) is 71.4 Å². The number of aromatic nitrogens is 2. The molecule has 1 fully saturated rings. The fourth-order valence-electron chi connectivity index (χ4n) is 3.46. The van der Waals surface area contributed by atoms with Gasteiger partial charge in [0.25, 0.3) is 0 Å². The summed E-state index contributed by atoms with van der Waals surface area (Å²) in [7, 11) is 0. The van der Waals surface area contributed by atoms with Crippen LogP contribution < -0.4 is 5.73 Å². The molecule has 5 nitrogen and oxygen atoms in total. The number of halogens is 1. The van der Waals surface area contributed by atoms with Crippen LogP contribution in [0.4, 0.5) is 4.39 Å². The van der Waals surface area contributed by atoms with Crippen molar-refractivity contribution in [2.24, 2.45) is 5.73 Å². The van der Waals surface area contributed by atoms with E-state index in [-0.39, 0.29) is 5.82 Å². The predicted molar refractivity (Wildman–Crippen MR) is 94.9 cm³/mol. The molecule has 1 aliphatic rings. The minimum Gasteiger partial charge on any atom is -0.381 e. The highest BCUT2D eigenvalue weighted by Gasteiger charge is 2.41. The summed E-state index contributed by atoms with van der Waals surface area (Å²) in [5, 5.41) is 4.16. The molecule has 0 spiro atoms. The van der Waals surface area contributed by atoms with Crippen molar-refractivity contribution in [1.82, 2.24) is 10.1 Å². The van der Waals surface area contributed by atoms with Gasteiger partial charge in [-0.1, -0.05) is 41.6 Å². The molecular formula is C20H20FN3O2. The van der Waals surface area contributed by atoms with Crippen molar-refractivity contribution in [3.8, 4) is 11.4 Å². The largest absolute Gasteiger partial charge is 0.381 e. The van der Waals surface area contributed by atoms with Crippen molar-refractivity contribution in [2.45, 2.75) is 24.8 Å². The molecule has 0 bridgehead atoms. The van der Waals surface area contributed by atoms with E-state index in [1.165, 1.54) is 6.07 Å². The fourth-order valence-corrected chi connectivity index (χ4v) is 3.46. The molecular weight excluding hydrogens is 333 g/mol. The van der Waals surface area contributed by atoms with Crippen molar-refractivity contribution < 1.29 is 13.7 Å². The fraction of sp³-hybridized carbons (Fsp3) is 0.300. The number of benzene rings is 2. The smallest absolute Gasteiger partial charge is 0.237 e. The maximum absolute atomic E-state index is 13.8. The maximum Gasteiger partial charge on any atom is 0.237 e. The Labute approximate surface area is 151 Å². The van der Waals surface area contributed by atoms with Crippen LogP contribution >= 0.6 is 0 Å². The van der Waals surface area contributed by atoms with E-state index < -0.39 is 5.41 Å². The number of nitrogens with two attached hydrogens (primary N) is 1. The van der Waals surface area contributed by atoms with Gasteiger partial charge in [-0.3, -0.25) is 0 Å². The third-order valence-corrected chi connectivity index (χ3v) is 5.01. The highest BCUT2D eigenvalue weighted by Crippen LogP contribution is 2.41. The van der Waals surface area contributed by atoms with Gasteiger partial charge in [0, 0.05) is 25.3 Å². The Morgan fingerprint density at radius 1 is 1.08 bits per heavy atom. The molecule has 4 rings (SSSR count). The van der Waals surface area contributed by atoms with E-state index in [0.29, 0.717) is 44.3 Å². The minimum atomic E-state index is -0.525. The lowest BCUT2D eigenvalue weighted by Gasteiger charge is -2.34. The van der Waals surface area contributed by atoms with Crippen LogP contribution in [0, 0.1) is 5.82 Å². The van der Waals surface area contributed by atoms with Gasteiger partial charge in [-0.25, -0.2) is 4.39 Å². The lowest BCUT2D eigenvalue weighted by molar-refractivity contribution is 0.0522. The van der Waals surface area contributed by atoms with E-state index in [9.17, 15) is 4.39 Å². The Morgan fingerprint density at radius 3 is 2.54 bits per heavy atom. The van der Waals surface area contributed by atoms with E-state index in [1.54, 1.807) is 12.1 Å². The normalized spacial score (nSPS) is 16.5. The molecule has 2 N–H and O–H groups in total. The Kier molecular flexibility index (Phi) is 4.53. The molecule has 6 heteroatoms. The van der Waals surface area contributed by atoms with Crippen LogP contribution in [0.15, 0.2) is 53.1 Å². The van der Waals surface area contributed by atoms with E-state index in [4.69, 9.17) is 15.0 Å². The first-order chi connectivity index (χ1) is 12.7. The van der Waals surface area contributed by atoms with E-state index in [2.05, 4.69) is 10.1 Å². The summed E-state index contributed by atoms with van der Waals surface area (Å²) < 4.78 is 25.0. The molecule has 0 unspecified atom stereocenters.